The molecule has 3 heterocycles. The summed E-state index contributed by atoms with van der Waals surface area (Å²) < 4.78 is 8.35. The fourth-order valence-electron chi connectivity index (χ4n) is 4.40. The van der Waals surface area contributed by atoms with E-state index in [-0.39, 0.29) is 0 Å². The van der Waals surface area contributed by atoms with E-state index in [0.717, 1.165) is 10.7 Å². The highest BCUT2D eigenvalue weighted by Gasteiger charge is 2.59. The van der Waals surface area contributed by atoms with Crippen LogP contribution in [-0.4, -0.2) is 53.3 Å². The Hall–Kier alpha value is -0.380. The summed E-state index contributed by atoms with van der Waals surface area (Å²) in [5.74, 6) is 0. The molecule has 6 heteroatoms. The van der Waals surface area contributed by atoms with Gasteiger partial charge in [-0.1, -0.05) is 23.7 Å². The minimum absolute atomic E-state index is 0.847. The monoisotopic (exact) mass is 367 g/mol. The van der Waals surface area contributed by atoms with E-state index in [1.165, 1.54) is 77.8 Å². The van der Waals surface area contributed by atoms with Crippen LogP contribution in [0.5, 0.6) is 0 Å². The van der Waals surface area contributed by atoms with Gasteiger partial charge in [-0.3, -0.25) is 0 Å². The first-order valence-corrected chi connectivity index (χ1v) is 11.5. The molecule has 1 aromatic carbocycles. The largest absolute Gasteiger partial charge is 0.329 e. The number of nitrogens with zero attached hydrogens (tertiary/aromatic N) is 3. The molecule has 0 aliphatic carbocycles. The summed E-state index contributed by atoms with van der Waals surface area (Å²) in [6, 6.07) is 8.28. The summed E-state index contributed by atoms with van der Waals surface area (Å²) in [5.41, 5.74) is 1.11. The van der Waals surface area contributed by atoms with Gasteiger partial charge in [0.1, 0.15) is 0 Å². The maximum absolute atomic E-state index is 6.55. The Labute approximate surface area is 151 Å². The molecule has 132 valence electrons. The van der Waals surface area contributed by atoms with Crippen molar-refractivity contribution in [3.05, 3.63) is 29.3 Å². The lowest BCUT2D eigenvalue weighted by atomic mass is 10.3. The van der Waals surface area contributed by atoms with Gasteiger partial charge in [-0.05, 0) is 50.7 Å². The van der Waals surface area contributed by atoms with Gasteiger partial charge in [-0.15, -0.1) is 14.0 Å². The van der Waals surface area contributed by atoms with Gasteiger partial charge in [0, 0.05) is 39.3 Å². The average Bonchev–Trinajstić information content (AvgIpc) is 3.37. The van der Waals surface area contributed by atoms with Crippen molar-refractivity contribution in [1.82, 2.24) is 14.0 Å². The van der Waals surface area contributed by atoms with Crippen LogP contribution in [0.15, 0.2) is 24.3 Å². The maximum Gasteiger partial charge on any atom is 0.329 e. The molecule has 1 aromatic rings. The number of rotatable bonds is 5. The van der Waals surface area contributed by atoms with E-state index in [1.807, 2.05) is 12.1 Å². The summed E-state index contributed by atoms with van der Waals surface area (Å²) in [6.07, 6.45) is 7.96. The molecule has 3 fully saturated rings. The molecule has 3 saturated heterocycles. The maximum atomic E-state index is 6.55. The zero-order valence-corrected chi connectivity index (χ0v) is 16.1. The third kappa shape index (κ3) is 3.08. The second kappa shape index (κ2) is 7.47. The second-order valence-electron chi connectivity index (χ2n) is 7.14. The predicted molar refractivity (Wildman–Crippen MR) is 104 cm³/mol. The number of halogens is 1. The summed E-state index contributed by atoms with van der Waals surface area (Å²) in [6.45, 7) is 7.32. The van der Waals surface area contributed by atoms with Crippen molar-refractivity contribution in [2.45, 2.75) is 38.5 Å². The number of para-hydroxylation sites is 1. The van der Waals surface area contributed by atoms with Crippen molar-refractivity contribution < 1.29 is 0 Å². The van der Waals surface area contributed by atoms with Gasteiger partial charge >= 0.3 is 7.87 Å². The second-order valence-corrected chi connectivity index (χ2v) is 10.6. The van der Waals surface area contributed by atoms with E-state index in [2.05, 4.69) is 31.2 Å². The first-order chi connectivity index (χ1) is 11.8. The Bertz CT molecular complexity index is 511. The molecular formula is C18H29ClN4P+. The normalized spacial score (nSPS) is 24.0. The standard InChI is InChI=1S/C18H29ClN4P/c19-17-9-1-2-10-18(17)20-24(21-11-3-4-12-21,22-13-5-6-14-22)23-15-7-8-16-23/h1-2,9-10,20H,3-8,11-16H2/q+1. The highest BCUT2D eigenvalue weighted by atomic mass is 35.5. The van der Waals surface area contributed by atoms with E-state index in [4.69, 9.17) is 11.6 Å². The van der Waals surface area contributed by atoms with Crippen LogP contribution in [0.3, 0.4) is 0 Å². The van der Waals surface area contributed by atoms with Gasteiger partial charge < -0.3 is 0 Å². The number of benzene rings is 1. The van der Waals surface area contributed by atoms with Crippen LogP contribution in [0, 0.1) is 0 Å². The van der Waals surface area contributed by atoms with Crippen molar-refractivity contribution >= 4 is 25.2 Å². The molecule has 0 aromatic heterocycles. The predicted octanol–water partition coefficient (Wildman–Crippen LogP) is 4.72. The van der Waals surface area contributed by atoms with Crippen LogP contribution in [-0.2, 0) is 0 Å². The summed E-state index contributed by atoms with van der Waals surface area (Å²) in [4.78, 5) is 0. The van der Waals surface area contributed by atoms with Gasteiger partial charge in [0.15, 0.2) is 0 Å². The molecule has 0 atom stereocenters. The lowest BCUT2D eigenvalue weighted by molar-refractivity contribution is 0.377. The molecular weight excluding hydrogens is 339 g/mol. The van der Waals surface area contributed by atoms with Crippen LogP contribution < -0.4 is 5.09 Å². The number of anilines is 1. The topological polar surface area (TPSA) is 21.8 Å². The first kappa shape index (κ1) is 17.1. The molecule has 3 aliphatic rings. The summed E-state index contributed by atoms with van der Waals surface area (Å²) in [5, 5.41) is 4.89. The van der Waals surface area contributed by atoms with Crippen LogP contribution >= 0.6 is 19.5 Å². The van der Waals surface area contributed by atoms with Crippen LogP contribution in [0.1, 0.15) is 38.5 Å². The highest BCUT2D eigenvalue weighted by molar-refractivity contribution is 7.70. The van der Waals surface area contributed by atoms with Gasteiger partial charge in [0.25, 0.3) is 0 Å². The van der Waals surface area contributed by atoms with Crippen molar-refractivity contribution in [3.63, 3.8) is 0 Å². The van der Waals surface area contributed by atoms with Crippen molar-refractivity contribution in [1.29, 1.82) is 0 Å². The van der Waals surface area contributed by atoms with Gasteiger partial charge in [0.05, 0.1) is 10.7 Å². The van der Waals surface area contributed by atoms with Crippen LogP contribution in [0.25, 0.3) is 0 Å². The Balaban J connectivity index is 1.74. The highest BCUT2D eigenvalue weighted by Crippen LogP contribution is 2.69. The quantitative estimate of drug-likeness (QED) is 0.760. The van der Waals surface area contributed by atoms with Crippen molar-refractivity contribution in [2.24, 2.45) is 0 Å². The van der Waals surface area contributed by atoms with E-state index in [0.29, 0.717) is 0 Å². The fraction of sp³-hybridized carbons (Fsp3) is 0.667. The Morgan fingerprint density at radius 1 is 0.708 bits per heavy atom. The third-order valence-corrected chi connectivity index (χ3v) is 10.0. The Morgan fingerprint density at radius 3 is 1.54 bits per heavy atom. The molecule has 1 N–H and O–H groups in total. The summed E-state index contributed by atoms with van der Waals surface area (Å²) in [7, 11) is -1.72. The Kier molecular flexibility index (Phi) is 5.31. The van der Waals surface area contributed by atoms with Crippen molar-refractivity contribution in [3.8, 4) is 0 Å². The van der Waals surface area contributed by atoms with Crippen LogP contribution in [0.2, 0.25) is 5.02 Å². The molecule has 0 bridgehead atoms. The van der Waals surface area contributed by atoms with Crippen LogP contribution in [0.4, 0.5) is 5.69 Å². The number of nitrogens with one attached hydrogen (secondary N) is 1. The smallest absolute Gasteiger partial charge is 0.213 e. The lowest BCUT2D eigenvalue weighted by Gasteiger charge is -2.43. The SMILES string of the molecule is Clc1ccccc1N[P+](N1CCCC1)(N1CCCC1)N1CCCC1. The average molecular weight is 368 g/mol. The molecule has 0 spiro atoms. The van der Waals surface area contributed by atoms with Gasteiger partial charge in [0.2, 0.25) is 0 Å². The zero-order chi connectivity index (χ0) is 16.4. The third-order valence-electron chi connectivity index (χ3n) is 5.57. The van der Waals surface area contributed by atoms with Gasteiger partial charge in [-0.2, -0.15) is 0 Å². The Morgan fingerprint density at radius 2 is 1.12 bits per heavy atom. The van der Waals surface area contributed by atoms with E-state index >= 15 is 0 Å². The molecule has 0 saturated carbocycles. The molecule has 4 rings (SSSR count). The fourth-order valence-corrected chi connectivity index (χ4v) is 9.19. The molecule has 0 amide bonds. The molecule has 0 radical (unpaired) electrons. The van der Waals surface area contributed by atoms with Crippen molar-refractivity contribution in [2.75, 3.05) is 44.4 Å². The van der Waals surface area contributed by atoms with Gasteiger partial charge in [-0.25, -0.2) is 5.09 Å². The number of hydrogen-bond donors (Lipinski definition) is 1. The molecule has 4 nitrogen and oxygen atoms in total. The van der Waals surface area contributed by atoms with E-state index in [9.17, 15) is 0 Å². The molecule has 0 unspecified atom stereocenters. The minimum atomic E-state index is -1.72. The minimum Gasteiger partial charge on any atom is -0.213 e. The molecule has 3 aliphatic heterocycles. The lowest BCUT2D eigenvalue weighted by Crippen LogP contribution is -2.46. The first-order valence-electron chi connectivity index (χ1n) is 9.49. The molecule has 24 heavy (non-hydrogen) atoms. The zero-order valence-electron chi connectivity index (χ0n) is 14.5. The summed E-state index contributed by atoms with van der Waals surface area (Å²) >= 11 is 6.55. The van der Waals surface area contributed by atoms with E-state index in [1.54, 1.807) is 0 Å². The van der Waals surface area contributed by atoms with E-state index < -0.39 is 7.87 Å². The number of hydrogen-bond acceptors (Lipinski definition) is 4.